The number of ether oxygens (including phenoxy) is 1. The van der Waals surface area contributed by atoms with Crippen molar-refractivity contribution in [3.8, 4) is 5.75 Å². The van der Waals surface area contributed by atoms with Crippen LogP contribution in [0.5, 0.6) is 5.75 Å². The maximum atomic E-state index is 5.61. The molecule has 0 aliphatic heterocycles. The highest BCUT2D eigenvalue weighted by Gasteiger charge is 2.01. The highest BCUT2D eigenvalue weighted by atomic mass is 16.5. The standard InChI is InChI=1S/C11H17NO/c1-3-6-13-11-5-4-9(2)7-10(11)8-12/h4-5,7H,3,6,8,12H2,1-2H3. The van der Waals surface area contributed by atoms with Gasteiger partial charge in [0.2, 0.25) is 0 Å². The largest absolute Gasteiger partial charge is 0.493 e. The van der Waals surface area contributed by atoms with Crippen LogP contribution in [-0.2, 0) is 6.54 Å². The number of nitrogens with two attached hydrogens (primary N) is 1. The summed E-state index contributed by atoms with van der Waals surface area (Å²) < 4.78 is 5.55. The SMILES string of the molecule is CCCOc1ccc(C)cc1CN. The van der Waals surface area contributed by atoms with E-state index in [1.54, 1.807) is 0 Å². The third-order valence-electron chi connectivity index (χ3n) is 1.90. The molecule has 0 spiro atoms. The Kier molecular flexibility index (Phi) is 3.77. The van der Waals surface area contributed by atoms with E-state index >= 15 is 0 Å². The van der Waals surface area contributed by atoms with Crippen molar-refractivity contribution in [2.24, 2.45) is 5.73 Å². The molecule has 0 saturated carbocycles. The van der Waals surface area contributed by atoms with Gasteiger partial charge in [0.05, 0.1) is 6.61 Å². The molecule has 0 aromatic heterocycles. The molecule has 1 aromatic rings. The van der Waals surface area contributed by atoms with Crippen molar-refractivity contribution < 1.29 is 4.74 Å². The monoisotopic (exact) mass is 179 g/mol. The fourth-order valence-electron chi connectivity index (χ4n) is 1.22. The van der Waals surface area contributed by atoms with E-state index in [2.05, 4.69) is 19.9 Å². The Labute approximate surface area is 79.7 Å². The number of rotatable bonds is 4. The van der Waals surface area contributed by atoms with Crippen LogP contribution in [0.15, 0.2) is 18.2 Å². The molecule has 0 aliphatic rings. The summed E-state index contributed by atoms with van der Waals surface area (Å²) in [6.07, 6.45) is 1.03. The van der Waals surface area contributed by atoms with Gasteiger partial charge in [-0.3, -0.25) is 0 Å². The molecule has 0 atom stereocenters. The molecule has 2 nitrogen and oxygen atoms in total. The van der Waals surface area contributed by atoms with Gasteiger partial charge in [-0.05, 0) is 19.4 Å². The van der Waals surface area contributed by atoms with Gasteiger partial charge in [-0.25, -0.2) is 0 Å². The molecule has 0 saturated heterocycles. The van der Waals surface area contributed by atoms with Crippen molar-refractivity contribution >= 4 is 0 Å². The number of benzene rings is 1. The summed E-state index contributed by atoms with van der Waals surface area (Å²) in [7, 11) is 0. The minimum absolute atomic E-state index is 0.542. The highest BCUT2D eigenvalue weighted by molar-refractivity contribution is 5.36. The van der Waals surface area contributed by atoms with E-state index in [0.29, 0.717) is 6.54 Å². The summed E-state index contributed by atoms with van der Waals surface area (Å²) in [5, 5.41) is 0. The Balaban J connectivity index is 2.79. The predicted molar refractivity (Wildman–Crippen MR) is 54.9 cm³/mol. The lowest BCUT2D eigenvalue weighted by molar-refractivity contribution is 0.314. The van der Waals surface area contributed by atoms with Crippen LogP contribution in [0, 0.1) is 6.92 Å². The number of hydrogen-bond acceptors (Lipinski definition) is 2. The van der Waals surface area contributed by atoms with Crippen LogP contribution in [0.2, 0.25) is 0 Å². The van der Waals surface area contributed by atoms with Crippen molar-refractivity contribution in [2.45, 2.75) is 26.8 Å². The third-order valence-corrected chi connectivity index (χ3v) is 1.90. The Morgan fingerprint density at radius 2 is 2.15 bits per heavy atom. The third kappa shape index (κ3) is 2.74. The summed E-state index contributed by atoms with van der Waals surface area (Å²) >= 11 is 0. The van der Waals surface area contributed by atoms with Gasteiger partial charge < -0.3 is 10.5 Å². The quantitative estimate of drug-likeness (QED) is 0.769. The molecule has 72 valence electrons. The van der Waals surface area contributed by atoms with Crippen LogP contribution >= 0.6 is 0 Å². The zero-order valence-corrected chi connectivity index (χ0v) is 8.34. The maximum Gasteiger partial charge on any atom is 0.123 e. The lowest BCUT2D eigenvalue weighted by Crippen LogP contribution is -2.03. The van der Waals surface area contributed by atoms with Crippen LogP contribution in [0.1, 0.15) is 24.5 Å². The van der Waals surface area contributed by atoms with Crippen LogP contribution < -0.4 is 10.5 Å². The van der Waals surface area contributed by atoms with E-state index < -0.39 is 0 Å². The second kappa shape index (κ2) is 4.87. The molecule has 0 aliphatic carbocycles. The fourth-order valence-corrected chi connectivity index (χ4v) is 1.22. The van der Waals surface area contributed by atoms with Crippen LogP contribution in [0.4, 0.5) is 0 Å². The summed E-state index contributed by atoms with van der Waals surface area (Å²) in [4.78, 5) is 0. The summed E-state index contributed by atoms with van der Waals surface area (Å²) in [5.41, 5.74) is 7.93. The summed E-state index contributed by atoms with van der Waals surface area (Å²) in [6.45, 7) is 5.45. The number of hydrogen-bond donors (Lipinski definition) is 1. The topological polar surface area (TPSA) is 35.2 Å². The molecule has 1 aromatic carbocycles. The van der Waals surface area contributed by atoms with E-state index in [1.165, 1.54) is 5.56 Å². The second-order valence-corrected chi connectivity index (χ2v) is 3.16. The van der Waals surface area contributed by atoms with Gasteiger partial charge in [-0.1, -0.05) is 24.6 Å². The molecule has 2 heteroatoms. The highest BCUT2D eigenvalue weighted by Crippen LogP contribution is 2.19. The van der Waals surface area contributed by atoms with Crippen molar-refractivity contribution in [1.82, 2.24) is 0 Å². The average molecular weight is 179 g/mol. The first-order valence-corrected chi connectivity index (χ1v) is 4.70. The first-order valence-electron chi connectivity index (χ1n) is 4.70. The summed E-state index contributed by atoms with van der Waals surface area (Å²) in [5.74, 6) is 0.926. The van der Waals surface area contributed by atoms with E-state index in [-0.39, 0.29) is 0 Å². The molecule has 0 fully saturated rings. The van der Waals surface area contributed by atoms with Gasteiger partial charge in [0.25, 0.3) is 0 Å². The molecule has 0 radical (unpaired) electrons. The van der Waals surface area contributed by atoms with Gasteiger partial charge in [0.15, 0.2) is 0 Å². The minimum Gasteiger partial charge on any atom is -0.493 e. The van der Waals surface area contributed by atoms with Crippen LogP contribution in [0.3, 0.4) is 0 Å². The predicted octanol–water partition coefficient (Wildman–Crippen LogP) is 2.24. The number of aryl methyl sites for hydroxylation is 1. The second-order valence-electron chi connectivity index (χ2n) is 3.16. The first kappa shape index (κ1) is 10.1. The van der Waals surface area contributed by atoms with Gasteiger partial charge in [-0.15, -0.1) is 0 Å². The Bertz CT molecular complexity index is 271. The molecule has 2 N–H and O–H groups in total. The molecule has 0 bridgehead atoms. The normalized spacial score (nSPS) is 10.1. The Morgan fingerprint density at radius 3 is 2.77 bits per heavy atom. The Hall–Kier alpha value is -1.02. The van der Waals surface area contributed by atoms with E-state index in [1.807, 2.05) is 12.1 Å². The van der Waals surface area contributed by atoms with Crippen LogP contribution in [-0.4, -0.2) is 6.61 Å². The van der Waals surface area contributed by atoms with Crippen molar-refractivity contribution in [3.63, 3.8) is 0 Å². The van der Waals surface area contributed by atoms with Crippen LogP contribution in [0.25, 0.3) is 0 Å². The zero-order chi connectivity index (χ0) is 9.68. The Morgan fingerprint density at radius 1 is 1.38 bits per heavy atom. The summed E-state index contributed by atoms with van der Waals surface area (Å²) in [6, 6.07) is 6.11. The molecule has 0 heterocycles. The average Bonchev–Trinajstić information content (AvgIpc) is 2.16. The van der Waals surface area contributed by atoms with Gasteiger partial charge in [0, 0.05) is 12.1 Å². The minimum atomic E-state index is 0.542. The smallest absolute Gasteiger partial charge is 0.123 e. The van der Waals surface area contributed by atoms with Gasteiger partial charge >= 0.3 is 0 Å². The van der Waals surface area contributed by atoms with E-state index in [0.717, 1.165) is 24.3 Å². The van der Waals surface area contributed by atoms with E-state index in [4.69, 9.17) is 10.5 Å². The lowest BCUT2D eigenvalue weighted by Gasteiger charge is -2.09. The molecular formula is C11H17NO. The molecule has 0 amide bonds. The fraction of sp³-hybridized carbons (Fsp3) is 0.455. The van der Waals surface area contributed by atoms with Crippen molar-refractivity contribution in [3.05, 3.63) is 29.3 Å². The molecule has 0 unspecified atom stereocenters. The first-order chi connectivity index (χ1) is 6.27. The lowest BCUT2D eigenvalue weighted by atomic mass is 10.1. The van der Waals surface area contributed by atoms with Gasteiger partial charge in [-0.2, -0.15) is 0 Å². The van der Waals surface area contributed by atoms with Crippen molar-refractivity contribution in [1.29, 1.82) is 0 Å². The molecule has 1 rings (SSSR count). The van der Waals surface area contributed by atoms with Gasteiger partial charge in [0.1, 0.15) is 5.75 Å². The zero-order valence-electron chi connectivity index (χ0n) is 8.34. The molecular weight excluding hydrogens is 162 g/mol. The molecule has 13 heavy (non-hydrogen) atoms. The maximum absolute atomic E-state index is 5.61. The van der Waals surface area contributed by atoms with E-state index in [9.17, 15) is 0 Å². The van der Waals surface area contributed by atoms with Crippen molar-refractivity contribution in [2.75, 3.05) is 6.61 Å².